The number of carbonyl (C=O) groups is 1. The molecule has 2 aliphatic rings. The molecule has 0 saturated carbocycles. The Balaban J connectivity index is 1.60. The van der Waals surface area contributed by atoms with E-state index in [1.807, 2.05) is 12.1 Å². The van der Waals surface area contributed by atoms with E-state index in [4.69, 9.17) is 9.84 Å². The van der Waals surface area contributed by atoms with Gasteiger partial charge >= 0.3 is 5.97 Å². The first kappa shape index (κ1) is 16.5. The molecule has 2 unspecified atom stereocenters. The number of ether oxygens (including phenoxy) is 1. The number of rotatable bonds is 4. The van der Waals surface area contributed by atoms with Crippen LogP contribution < -0.4 is 9.64 Å². The van der Waals surface area contributed by atoms with Gasteiger partial charge in [-0.15, -0.1) is 0 Å². The first-order chi connectivity index (χ1) is 12.0. The average molecular weight is 402 g/mol. The van der Waals surface area contributed by atoms with Crippen LogP contribution in [0.2, 0.25) is 0 Å². The molecule has 0 saturated heterocycles. The Hall–Kier alpha value is -2.01. The molecule has 1 aliphatic carbocycles. The summed E-state index contributed by atoms with van der Waals surface area (Å²) >= 11 is 3.66. The summed E-state index contributed by atoms with van der Waals surface area (Å²) in [4.78, 5) is 13.3. The number of aliphatic carboxylic acids is 1. The van der Waals surface area contributed by atoms with Gasteiger partial charge in [-0.3, -0.25) is 4.79 Å². The second kappa shape index (κ2) is 6.37. The fourth-order valence-corrected chi connectivity index (χ4v) is 4.61. The zero-order valence-corrected chi connectivity index (χ0v) is 15.6. The molecule has 2 aromatic rings. The fourth-order valence-electron chi connectivity index (χ4n) is 4.03. The second-order valence-corrected chi connectivity index (χ2v) is 7.66. The lowest BCUT2D eigenvalue weighted by atomic mass is 9.97. The summed E-state index contributed by atoms with van der Waals surface area (Å²) in [6.45, 7) is 0.452. The summed E-state index contributed by atoms with van der Waals surface area (Å²) in [6.07, 6.45) is 2.29. The van der Waals surface area contributed by atoms with Crippen LogP contribution in [0.15, 0.2) is 40.9 Å². The third-order valence-electron chi connectivity index (χ3n) is 5.35. The van der Waals surface area contributed by atoms with E-state index in [2.05, 4.69) is 52.1 Å². The fraction of sp³-hybridized carbons (Fsp3) is 0.350. The van der Waals surface area contributed by atoms with Gasteiger partial charge < -0.3 is 14.7 Å². The Morgan fingerprint density at radius 3 is 2.96 bits per heavy atom. The van der Waals surface area contributed by atoms with E-state index in [0.717, 1.165) is 29.8 Å². The molecule has 0 spiro atoms. The molecule has 25 heavy (non-hydrogen) atoms. The number of hydrogen-bond acceptors (Lipinski definition) is 3. The highest BCUT2D eigenvalue weighted by Crippen LogP contribution is 2.43. The quantitative estimate of drug-likeness (QED) is 0.817. The molecule has 0 aromatic heterocycles. The molecule has 0 fully saturated rings. The van der Waals surface area contributed by atoms with Crippen molar-refractivity contribution in [2.75, 3.05) is 18.6 Å². The maximum atomic E-state index is 11.0. The molecule has 1 N–H and O–H groups in total. The maximum Gasteiger partial charge on any atom is 0.304 e. The number of halogens is 1. The minimum atomic E-state index is -0.782. The van der Waals surface area contributed by atoms with Crippen LogP contribution in [-0.2, 0) is 11.2 Å². The largest absolute Gasteiger partial charge is 0.493 e. The maximum absolute atomic E-state index is 11.0. The number of anilines is 1. The number of carboxylic acids is 1. The third-order valence-corrected chi connectivity index (χ3v) is 6.10. The molecular weight excluding hydrogens is 382 g/mol. The van der Waals surface area contributed by atoms with E-state index < -0.39 is 5.97 Å². The van der Waals surface area contributed by atoms with Gasteiger partial charge in [0.05, 0.1) is 19.1 Å². The van der Waals surface area contributed by atoms with Crippen molar-refractivity contribution >= 4 is 27.6 Å². The Bertz CT molecular complexity index is 836. The average Bonchev–Trinajstić information content (AvgIpc) is 3.19. The van der Waals surface area contributed by atoms with Crippen LogP contribution in [0.5, 0.6) is 5.75 Å². The summed E-state index contributed by atoms with van der Waals surface area (Å²) in [5.41, 5.74) is 4.89. The van der Waals surface area contributed by atoms with E-state index >= 15 is 0 Å². The van der Waals surface area contributed by atoms with Crippen LogP contribution in [0.4, 0.5) is 5.69 Å². The molecule has 2 aromatic carbocycles. The number of carboxylic acid groups (broad SMARTS) is 1. The van der Waals surface area contributed by atoms with E-state index in [-0.39, 0.29) is 12.3 Å². The van der Waals surface area contributed by atoms with Gasteiger partial charge in [-0.2, -0.15) is 0 Å². The molecule has 1 heterocycles. The SMILES string of the molecule is CN(c1ccc2c(c1)OCC2CC(=O)O)C1CCc2c(Br)cccc21. The van der Waals surface area contributed by atoms with Gasteiger partial charge in [-0.1, -0.05) is 34.1 Å². The van der Waals surface area contributed by atoms with E-state index in [9.17, 15) is 4.79 Å². The predicted octanol–water partition coefficient (Wildman–Crippen LogP) is 4.52. The van der Waals surface area contributed by atoms with Gasteiger partial charge in [0.1, 0.15) is 5.75 Å². The lowest BCUT2D eigenvalue weighted by Gasteiger charge is -2.28. The highest BCUT2D eigenvalue weighted by molar-refractivity contribution is 9.10. The molecule has 130 valence electrons. The standard InChI is InChI=1S/C20H20BrNO3/c1-22(18-8-7-15-16(18)3-2-4-17(15)21)13-5-6-14-12(9-20(23)24)11-25-19(14)10-13/h2-6,10,12,18H,7-9,11H2,1H3,(H,23,24). The lowest BCUT2D eigenvalue weighted by Crippen LogP contribution is -2.22. The highest BCUT2D eigenvalue weighted by Gasteiger charge is 2.30. The van der Waals surface area contributed by atoms with Gasteiger partial charge in [-0.25, -0.2) is 0 Å². The van der Waals surface area contributed by atoms with Crippen LogP contribution in [0.25, 0.3) is 0 Å². The van der Waals surface area contributed by atoms with Gasteiger partial charge in [0.2, 0.25) is 0 Å². The first-order valence-electron chi connectivity index (χ1n) is 8.53. The van der Waals surface area contributed by atoms with Crippen molar-refractivity contribution in [2.45, 2.75) is 31.2 Å². The smallest absolute Gasteiger partial charge is 0.304 e. The monoisotopic (exact) mass is 401 g/mol. The first-order valence-corrected chi connectivity index (χ1v) is 9.32. The third kappa shape index (κ3) is 2.91. The Kier molecular flexibility index (Phi) is 4.20. The van der Waals surface area contributed by atoms with Crippen molar-refractivity contribution in [3.63, 3.8) is 0 Å². The topological polar surface area (TPSA) is 49.8 Å². The number of benzene rings is 2. The minimum absolute atomic E-state index is 0.0463. The van der Waals surface area contributed by atoms with E-state index in [0.29, 0.717) is 12.6 Å². The molecule has 0 radical (unpaired) electrons. The summed E-state index contributed by atoms with van der Waals surface area (Å²) in [5.74, 6) is -0.00568. The highest BCUT2D eigenvalue weighted by atomic mass is 79.9. The minimum Gasteiger partial charge on any atom is -0.493 e. The molecule has 0 amide bonds. The summed E-state index contributed by atoms with van der Waals surface area (Å²) in [6, 6.07) is 12.9. The van der Waals surface area contributed by atoms with Gasteiger partial charge in [0, 0.05) is 34.8 Å². The van der Waals surface area contributed by atoms with Crippen LogP contribution in [0.3, 0.4) is 0 Å². The molecule has 4 nitrogen and oxygen atoms in total. The summed E-state index contributed by atoms with van der Waals surface area (Å²) in [5, 5.41) is 9.03. The molecule has 1 aliphatic heterocycles. The zero-order valence-electron chi connectivity index (χ0n) is 14.0. The van der Waals surface area contributed by atoms with Crippen molar-refractivity contribution in [3.05, 3.63) is 57.6 Å². The second-order valence-electron chi connectivity index (χ2n) is 6.80. The van der Waals surface area contributed by atoms with E-state index in [1.165, 1.54) is 15.6 Å². The van der Waals surface area contributed by atoms with Crippen molar-refractivity contribution in [1.82, 2.24) is 0 Å². The van der Waals surface area contributed by atoms with Gasteiger partial charge in [0.15, 0.2) is 0 Å². The molecule has 5 heteroatoms. The number of hydrogen-bond donors (Lipinski definition) is 1. The summed E-state index contributed by atoms with van der Waals surface area (Å²) in [7, 11) is 2.12. The predicted molar refractivity (Wildman–Crippen MR) is 101 cm³/mol. The van der Waals surface area contributed by atoms with E-state index in [1.54, 1.807) is 0 Å². The van der Waals surface area contributed by atoms with Gasteiger partial charge in [-0.05, 0) is 36.1 Å². The van der Waals surface area contributed by atoms with Gasteiger partial charge in [0.25, 0.3) is 0 Å². The Morgan fingerprint density at radius 2 is 2.16 bits per heavy atom. The van der Waals surface area contributed by atoms with Crippen molar-refractivity contribution in [3.8, 4) is 5.75 Å². The van der Waals surface area contributed by atoms with Crippen LogP contribution in [0, 0.1) is 0 Å². The van der Waals surface area contributed by atoms with Crippen LogP contribution in [0.1, 0.15) is 41.5 Å². The summed E-state index contributed by atoms with van der Waals surface area (Å²) < 4.78 is 6.95. The van der Waals surface area contributed by atoms with Crippen molar-refractivity contribution in [2.24, 2.45) is 0 Å². The van der Waals surface area contributed by atoms with Crippen molar-refractivity contribution < 1.29 is 14.6 Å². The molecule has 0 bridgehead atoms. The van der Waals surface area contributed by atoms with Crippen molar-refractivity contribution in [1.29, 1.82) is 0 Å². The number of nitrogens with zero attached hydrogens (tertiary/aromatic N) is 1. The Morgan fingerprint density at radius 1 is 1.32 bits per heavy atom. The Labute approximate surface area is 155 Å². The van der Waals surface area contributed by atoms with Crippen LogP contribution in [-0.4, -0.2) is 24.7 Å². The molecule has 4 rings (SSSR count). The number of fused-ring (bicyclic) bond motifs is 2. The lowest BCUT2D eigenvalue weighted by molar-refractivity contribution is -0.137. The normalized spacial score (nSPS) is 20.7. The zero-order chi connectivity index (χ0) is 17.6. The van der Waals surface area contributed by atoms with Crippen LogP contribution >= 0.6 is 15.9 Å². The molecular formula is C20H20BrNO3. The molecule has 2 atom stereocenters.